The van der Waals surface area contributed by atoms with Crippen LogP contribution < -0.4 is 4.72 Å². The Morgan fingerprint density at radius 1 is 1.13 bits per heavy atom. The Bertz CT molecular complexity index is 860. The average molecular weight is 441 g/mol. The molecule has 9 nitrogen and oxygen atoms in total. The highest BCUT2D eigenvalue weighted by atomic mass is 32.2. The van der Waals surface area contributed by atoms with Crippen molar-refractivity contribution in [3.63, 3.8) is 0 Å². The van der Waals surface area contributed by atoms with Crippen LogP contribution >= 0.6 is 0 Å². The Morgan fingerprint density at radius 2 is 1.73 bits per heavy atom. The monoisotopic (exact) mass is 440 g/mol. The summed E-state index contributed by atoms with van der Waals surface area (Å²) in [7, 11) is -3.89. The summed E-state index contributed by atoms with van der Waals surface area (Å²) in [5, 5.41) is 0. The number of likely N-dealkylation sites (tertiary alicyclic amines) is 1. The number of nitrogens with one attached hydrogen (secondary N) is 1. The van der Waals surface area contributed by atoms with E-state index in [9.17, 15) is 22.8 Å². The number of hydrogen-bond acceptors (Lipinski definition) is 7. The number of aryl methyl sites for hydroxylation is 1. The lowest BCUT2D eigenvalue weighted by atomic mass is 9.97. The number of sulfonamides is 1. The number of rotatable bonds is 8. The van der Waals surface area contributed by atoms with Gasteiger partial charge in [0.15, 0.2) is 6.61 Å². The molecule has 0 spiro atoms. The summed E-state index contributed by atoms with van der Waals surface area (Å²) in [5.74, 6) is -1.72. The van der Waals surface area contributed by atoms with Crippen molar-refractivity contribution in [2.75, 3.05) is 26.3 Å². The summed E-state index contributed by atoms with van der Waals surface area (Å²) < 4.78 is 36.9. The van der Waals surface area contributed by atoms with Gasteiger partial charge in [-0.15, -0.1) is 0 Å². The van der Waals surface area contributed by atoms with Crippen LogP contribution in [0.4, 0.5) is 0 Å². The van der Waals surface area contributed by atoms with E-state index in [1.807, 2.05) is 6.92 Å². The molecule has 0 radical (unpaired) electrons. The van der Waals surface area contributed by atoms with E-state index in [-0.39, 0.29) is 22.7 Å². The summed E-state index contributed by atoms with van der Waals surface area (Å²) >= 11 is 0. The molecule has 2 rings (SSSR count). The van der Waals surface area contributed by atoms with Gasteiger partial charge < -0.3 is 14.4 Å². The van der Waals surface area contributed by atoms with Gasteiger partial charge in [0.25, 0.3) is 5.91 Å². The maximum Gasteiger partial charge on any atom is 0.324 e. The summed E-state index contributed by atoms with van der Waals surface area (Å²) in [6, 6.07) is 5.04. The number of ether oxygens (including phenoxy) is 2. The zero-order valence-electron chi connectivity index (χ0n) is 17.4. The smallest absolute Gasteiger partial charge is 0.324 e. The van der Waals surface area contributed by atoms with E-state index in [1.165, 1.54) is 24.0 Å². The van der Waals surface area contributed by atoms with Crippen LogP contribution in [0.2, 0.25) is 0 Å². The first-order chi connectivity index (χ1) is 14.1. The Kier molecular flexibility index (Phi) is 8.36. The van der Waals surface area contributed by atoms with E-state index in [0.717, 1.165) is 5.56 Å². The molecule has 0 unspecified atom stereocenters. The number of carbonyl (C=O) groups is 3. The summed E-state index contributed by atoms with van der Waals surface area (Å²) in [4.78, 5) is 37.7. The molecule has 30 heavy (non-hydrogen) atoms. The first kappa shape index (κ1) is 23.8. The number of piperidine rings is 1. The SMILES string of the molecule is CCOC(=O)C1CCN(C(=O)COC(=O)[C@H](C)NS(=O)(=O)c2ccc(C)cc2)CC1. The van der Waals surface area contributed by atoms with Crippen molar-refractivity contribution in [1.82, 2.24) is 9.62 Å². The van der Waals surface area contributed by atoms with Gasteiger partial charge in [0, 0.05) is 13.1 Å². The van der Waals surface area contributed by atoms with Crippen LogP contribution in [0.25, 0.3) is 0 Å². The molecule has 1 aliphatic rings. The highest BCUT2D eigenvalue weighted by molar-refractivity contribution is 7.89. The minimum Gasteiger partial charge on any atom is -0.466 e. The van der Waals surface area contributed by atoms with Crippen LogP contribution in [-0.4, -0.2) is 63.5 Å². The summed E-state index contributed by atoms with van der Waals surface area (Å²) in [6.07, 6.45) is 0.983. The minimum absolute atomic E-state index is 0.0355. The molecule has 1 fully saturated rings. The van der Waals surface area contributed by atoms with Crippen LogP contribution in [0.3, 0.4) is 0 Å². The van der Waals surface area contributed by atoms with Crippen molar-refractivity contribution in [3.8, 4) is 0 Å². The lowest BCUT2D eigenvalue weighted by Crippen LogP contribution is -2.44. The molecular formula is C20H28N2O7S. The fourth-order valence-electron chi connectivity index (χ4n) is 3.04. The van der Waals surface area contributed by atoms with Crippen LogP contribution in [0.5, 0.6) is 0 Å². The van der Waals surface area contributed by atoms with Gasteiger partial charge in [0.05, 0.1) is 17.4 Å². The molecule has 1 heterocycles. The van der Waals surface area contributed by atoms with E-state index in [1.54, 1.807) is 19.1 Å². The molecule has 1 atom stereocenters. The van der Waals surface area contributed by atoms with Crippen molar-refractivity contribution >= 4 is 27.9 Å². The molecule has 166 valence electrons. The van der Waals surface area contributed by atoms with Gasteiger partial charge in [-0.3, -0.25) is 14.4 Å². The lowest BCUT2D eigenvalue weighted by Gasteiger charge is -2.30. The molecule has 1 aromatic rings. The van der Waals surface area contributed by atoms with E-state index in [0.29, 0.717) is 32.5 Å². The van der Waals surface area contributed by atoms with Gasteiger partial charge in [0.2, 0.25) is 10.0 Å². The second-order valence-electron chi connectivity index (χ2n) is 7.17. The van der Waals surface area contributed by atoms with E-state index in [2.05, 4.69) is 4.72 Å². The molecule has 1 N–H and O–H groups in total. The second kappa shape index (κ2) is 10.5. The maximum atomic E-state index is 12.3. The number of esters is 2. The van der Waals surface area contributed by atoms with Gasteiger partial charge in [-0.05, 0) is 45.7 Å². The van der Waals surface area contributed by atoms with Gasteiger partial charge in [0.1, 0.15) is 6.04 Å². The van der Waals surface area contributed by atoms with E-state index >= 15 is 0 Å². The summed E-state index contributed by atoms with van der Waals surface area (Å²) in [5.41, 5.74) is 0.909. The molecule has 0 saturated carbocycles. The Labute approximate surface area is 176 Å². The number of nitrogens with zero attached hydrogens (tertiary/aromatic N) is 1. The third-order valence-corrected chi connectivity index (χ3v) is 6.38. The predicted molar refractivity (Wildman–Crippen MR) is 108 cm³/mol. The molecule has 1 saturated heterocycles. The van der Waals surface area contributed by atoms with Crippen LogP contribution in [0.1, 0.15) is 32.3 Å². The van der Waals surface area contributed by atoms with Crippen LogP contribution in [0.15, 0.2) is 29.2 Å². The molecule has 1 amide bonds. The van der Waals surface area contributed by atoms with Crippen molar-refractivity contribution in [2.24, 2.45) is 5.92 Å². The van der Waals surface area contributed by atoms with Crippen molar-refractivity contribution < 1.29 is 32.3 Å². The molecular weight excluding hydrogens is 412 g/mol. The molecule has 1 aliphatic heterocycles. The van der Waals surface area contributed by atoms with E-state index < -0.39 is 28.6 Å². The summed E-state index contributed by atoms with van der Waals surface area (Å²) in [6.45, 7) is 5.50. The van der Waals surface area contributed by atoms with Gasteiger partial charge in [-0.2, -0.15) is 4.72 Å². The Morgan fingerprint density at radius 3 is 2.30 bits per heavy atom. The van der Waals surface area contributed by atoms with Crippen molar-refractivity contribution in [2.45, 2.75) is 44.6 Å². The number of hydrogen-bond donors (Lipinski definition) is 1. The van der Waals surface area contributed by atoms with Gasteiger partial charge in [-0.1, -0.05) is 17.7 Å². The van der Waals surface area contributed by atoms with Gasteiger partial charge >= 0.3 is 11.9 Å². The first-order valence-electron chi connectivity index (χ1n) is 9.84. The number of carbonyl (C=O) groups excluding carboxylic acids is 3. The van der Waals surface area contributed by atoms with Crippen molar-refractivity contribution in [3.05, 3.63) is 29.8 Å². The van der Waals surface area contributed by atoms with Gasteiger partial charge in [-0.25, -0.2) is 8.42 Å². The normalized spacial score (nSPS) is 16.0. The molecule has 0 aliphatic carbocycles. The highest BCUT2D eigenvalue weighted by Gasteiger charge is 2.29. The average Bonchev–Trinajstić information content (AvgIpc) is 2.72. The first-order valence-corrected chi connectivity index (χ1v) is 11.3. The molecule has 10 heteroatoms. The third kappa shape index (κ3) is 6.53. The number of benzene rings is 1. The Hall–Kier alpha value is -2.46. The second-order valence-corrected chi connectivity index (χ2v) is 8.88. The topological polar surface area (TPSA) is 119 Å². The quantitative estimate of drug-likeness (QED) is 0.599. The Balaban J connectivity index is 1.80. The van der Waals surface area contributed by atoms with E-state index in [4.69, 9.17) is 9.47 Å². The largest absolute Gasteiger partial charge is 0.466 e. The highest BCUT2D eigenvalue weighted by Crippen LogP contribution is 2.19. The fourth-order valence-corrected chi connectivity index (χ4v) is 4.23. The molecule has 0 bridgehead atoms. The molecule has 1 aromatic carbocycles. The lowest BCUT2D eigenvalue weighted by molar-refractivity contribution is -0.155. The van der Waals surface area contributed by atoms with Crippen LogP contribution in [-0.2, 0) is 33.9 Å². The van der Waals surface area contributed by atoms with Crippen LogP contribution in [0, 0.1) is 12.8 Å². The fraction of sp³-hybridized carbons (Fsp3) is 0.550. The van der Waals surface area contributed by atoms with Crippen molar-refractivity contribution in [1.29, 1.82) is 0 Å². The zero-order valence-corrected chi connectivity index (χ0v) is 18.2. The standard InChI is InChI=1S/C20H28N2O7S/c1-4-28-20(25)16-9-11-22(12-10-16)18(23)13-29-19(24)15(3)21-30(26,27)17-7-5-14(2)6-8-17/h5-8,15-16,21H,4,9-13H2,1-3H3/t15-/m0/s1. The predicted octanol–water partition coefficient (Wildman–Crippen LogP) is 1.01. The molecule has 0 aromatic heterocycles. The number of amides is 1. The third-order valence-electron chi connectivity index (χ3n) is 4.82. The zero-order chi connectivity index (χ0) is 22.3. The minimum atomic E-state index is -3.89. The maximum absolute atomic E-state index is 12.3.